The SMILES string of the molecule is CCc1ccccc1CNC1CNC(=O)C1. The highest BCUT2D eigenvalue weighted by Gasteiger charge is 2.20. The molecule has 0 spiro atoms. The van der Waals surface area contributed by atoms with Gasteiger partial charge in [0.15, 0.2) is 0 Å². The van der Waals surface area contributed by atoms with E-state index in [9.17, 15) is 4.79 Å². The van der Waals surface area contributed by atoms with Crippen LogP contribution in [0.15, 0.2) is 24.3 Å². The predicted octanol–water partition coefficient (Wildman–Crippen LogP) is 1.23. The fourth-order valence-corrected chi connectivity index (χ4v) is 2.08. The van der Waals surface area contributed by atoms with E-state index in [1.165, 1.54) is 11.1 Å². The van der Waals surface area contributed by atoms with Gasteiger partial charge in [-0.15, -0.1) is 0 Å². The number of benzene rings is 1. The zero-order valence-electron chi connectivity index (χ0n) is 9.62. The summed E-state index contributed by atoms with van der Waals surface area (Å²) >= 11 is 0. The van der Waals surface area contributed by atoms with Crippen LogP contribution < -0.4 is 10.6 Å². The zero-order chi connectivity index (χ0) is 11.4. The van der Waals surface area contributed by atoms with Gasteiger partial charge in [0.2, 0.25) is 5.91 Å². The first-order valence-corrected chi connectivity index (χ1v) is 5.86. The molecule has 1 heterocycles. The predicted molar refractivity (Wildman–Crippen MR) is 64.1 cm³/mol. The van der Waals surface area contributed by atoms with Gasteiger partial charge in [0.25, 0.3) is 0 Å². The summed E-state index contributed by atoms with van der Waals surface area (Å²) in [7, 11) is 0. The Morgan fingerprint density at radius 3 is 2.75 bits per heavy atom. The fourth-order valence-electron chi connectivity index (χ4n) is 2.08. The summed E-state index contributed by atoms with van der Waals surface area (Å²) in [5, 5.41) is 6.25. The van der Waals surface area contributed by atoms with Crippen LogP contribution in [0, 0.1) is 0 Å². The lowest BCUT2D eigenvalue weighted by molar-refractivity contribution is -0.119. The molecular formula is C13H18N2O. The summed E-state index contributed by atoms with van der Waals surface area (Å²) in [6.07, 6.45) is 1.66. The number of hydrogen-bond acceptors (Lipinski definition) is 2. The fraction of sp³-hybridized carbons (Fsp3) is 0.462. The van der Waals surface area contributed by atoms with E-state index in [1.807, 2.05) is 0 Å². The van der Waals surface area contributed by atoms with Crippen molar-refractivity contribution in [1.82, 2.24) is 10.6 Å². The van der Waals surface area contributed by atoms with E-state index in [0.717, 1.165) is 19.5 Å². The second-order valence-electron chi connectivity index (χ2n) is 4.21. The quantitative estimate of drug-likeness (QED) is 0.798. The Bertz CT molecular complexity index is 376. The molecule has 1 unspecified atom stereocenters. The van der Waals surface area contributed by atoms with E-state index >= 15 is 0 Å². The first-order valence-electron chi connectivity index (χ1n) is 5.86. The van der Waals surface area contributed by atoms with Gasteiger partial charge in [0.05, 0.1) is 0 Å². The Morgan fingerprint density at radius 2 is 2.12 bits per heavy atom. The minimum Gasteiger partial charge on any atom is -0.354 e. The smallest absolute Gasteiger partial charge is 0.221 e. The van der Waals surface area contributed by atoms with E-state index in [2.05, 4.69) is 41.8 Å². The third kappa shape index (κ3) is 2.61. The van der Waals surface area contributed by atoms with Gasteiger partial charge in [-0.3, -0.25) is 4.79 Å². The zero-order valence-corrected chi connectivity index (χ0v) is 9.62. The average molecular weight is 218 g/mol. The van der Waals surface area contributed by atoms with E-state index in [4.69, 9.17) is 0 Å². The topological polar surface area (TPSA) is 41.1 Å². The molecule has 1 saturated heterocycles. The molecule has 1 aromatic rings. The number of carbonyl (C=O) groups is 1. The number of aryl methyl sites for hydroxylation is 1. The second-order valence-corrected chi connectivity index (χ2v) is 4.21. The summed E-state index contributed by atoms with van der Waals surface area (Å²) < 4.78 is 0. The van der Waals surface area contributed by atoms with Gasteiger partial charge in [-0.05, 0) is 17.5 Å². The first kappa shape index (κ1) is 11.1. The van der Waals surface area contributed by atoms with Crippen LogP contribution in [0.25, 0.3) is 0 Å². The molecule has 0 radical (unpaired) electrons. The second kappa shape index (κ2) is 5.12. The van der Waals surface area contributed by atoms with Gasteiger partial charge in [-0.25, -0.2) is 0 Å². The van der Waals surface area contributed by atoms with Crippen molar-refractivity contribution in [1.29, 1.82) is 0 Å². The van der Waals surface area contributed by atoms with Crippen LogP contribution in [0.5, 0.6) is 0 Å². The molecule has 3 nitrogen and oxygen atoms in total. The molecule has 16 heavy (non-hydrogen) atoms. The van der Waals surface area contributed by atoms with Crippen LogP contribution in [-0.4, -0.2) is 18.5 Å². The molecule has 3 heteroatoms. The maximum absolute atomic E-state index is 11.0. The lowest BCUT2D eigenvalue weighted by Crippen LogP contribution is -2.30. The van der Waals surface area contributed by atoms with Gasteiger partial charge in [-0.1, -0.05) is 31.2 Å². The Hall–Kier alpha value is -1.35. The molecular weight excluding hydrogens is 200 g/mol. The highest BCUT2D eigenvalue weighted by atomic mass is 16.1. The number of rotatable bonds is 4. The van der Waals surface area contributed by atoms with E-state index < -0.39 is 0 Å². The minimum absolute atomic E-state index is 0.154. The van der Waals surface area contributed by atoms with Crippen LogP contribution in [0.1, 0.15) is 24.5 Å². The molecule has 1 fully saturated rings. The largest absolute Gasteiger partial charge is 0.354 e. The molecule has 0 saturated carbocycles. The van der Waals surface area contributed by atoms with Crippen molar-refractivity contribution < 1.29 is 4.79 Å². The molecule has 1 amide bonds. The van der Waals surface area contributed by atoms with Crippen LogP contribution in [0.4, 0.5) is 0 Å². The molecule has 0 bridgehead atoms. The monoisotopic (exact) mass is 218 g/mol. The minimum atomic E-state index is 0.154. The van der Waals surface area contributed by atoms with Gasteiger partial charge < -0.3 is 10.6 Å². The summed E-state index contributed by atoms with van der Waals surface area (Å²) in [4.78, 5) is 11.0. The third-order valence-electron chi connectivity index (χ3n) is 3.06. The van der Waals surface area contributed by atoms with Crippen LogP contribution in [0.2, 0.25) is 0 Å². The molecule has 1 atom stereocenters. The Balaban J connectivity index is 1.91. The summed E-state index contributed by atoms with van der Waals surface area (Å²) in [5.41, 5.74) is 2.72. The number of hydrogen-bond donors (Lipinski definition) is 2. The first-order chi connectivity index (χ1) is 7.79. The van der Waals surface area contributed by atoms with E-state index in [0.29, 0.717) is 6.42 Å². The van der Waals surface area contributed by atoms with Crippen molar-refractivity contribution >= 4 is 5.91 Å². The molecule has 1 aromatic carbocycles. The van der Waals surface area contributed by atoms with Gasteiger partial charge in [0.1, 0.15) is 0 Å². The number of nitrogens with one attached hydrogen (secondary N) is 2. The maximum Gasteiger partial charge on any atom is 0.221 e. The molecule has 86 valence electrons. The molecule has 0 aromatic heterocycles. The highest BCUT2D eigenvalue weighted by molar-refractivity contribution is 5.78. The summed E-state index contributed by atoms with van der Waals surface area (Å²) in [6, 6.07) is 8.74. The Kier molecular flexibility index (Phi) is 3.57. The van der Waals surface area contributed by atoms with Crippen molar-refractivity contribution in [2.75, 3.05) is 6.54 Å². The van der Waals surface area contributed by atoms with Gasteiger partial charge in [-0.2, -0.15) is 0 Å². The molecule has 1 aliphatic heterocycles. The van der Waals surface area contributed by atoms with E-state index in [-0.39, 0.29) is 11.9 Å². The average Bonchev–Trinajstić information content (AvgIpc) is 2.73. The normalized spacial score (nSPS) is 19.8. The van der Waals surface area contributed by atoms with Crippen LogP contribution in [0.3, 0.4) is 0 Å². The maximum atomic E-state index is 11.0. The Labute approximate surface area is 96.2 Å². The number of carbonyl (C=O) groups excluding carboxylic acids is 1. The van der Waals surface area contributed by atoms with Crippen molar-refractivity contribution in [3.05, 3.63) is 35.4 Å². The van der Waals surface area contributed by atoms with Crippen LogP contribution in [-0.2, 0) is 17.8 Å². The van der Waals surface area contributed by atoms with Crippen molar-refractivity contribution in [2.45, 2.75) is 32.4 Å². The molecule has 2 N–H and O–H groups in total. The van der Waals surface area contributed by atoms with Crippen molar-refractivity contribution in [3.8, 4) is 0 Å². The lowest BCUT2D eigenvalue weighted by Gasteiger charge is -2.12. The van der Waals surface area contributed by atoms with Crippen molar-refractivity contribution in [3.63, 3.8) is 0 Å². The van der Waals surface area contributed by atoms with Crippen molar-refractivity contribution in [2.24, 2.45) is 0 Å². The van der Waals surface area contributed by atoms with Crippen LogP contribution >= 0.6 is 0 Å². The number of amides is 1. The lowest BCUT2D eigenvalue weighted by atomic mass is 10.1. The molecule has 2 rings (SSSR count). The van der Waals surface area contributed by atoms with Gasteiger partial charge in [0, 0.05) is 25.6 Å². The van der Waals surface area contributed by atoms with E-state index in [1.54, 1.807) is 0 Å². The highest BCUT2D eigenvalue weighted by Crippen LogP contribution is 2.10. The Morgan fingerprint density at radius 1 is 1.38 bits per heavy atom. The molecule has 0 aliphatic carbocycles. The molecule has 1 aliphatic rings. The van der Waals surface area contributed by atoms with Gasteiger partial charge >= 0.3 is 0 Å². The standard InChI is InChI=1S/C13H18N2O/c1-2-10-5-3-4-6-11(10)8-14-12-7-13(16)15-9-12/h3-6,12,14H,2,7-9H2,1H3,(H,15,16). The summed E-state index contributed by atoms with van der Waals surface area (Å²) in [5.74, 6) is 0.154. The summed E-state index contributed by atoms with van der Waals surface area (Å²) in [6.45, 7) is 3.77. The third-order valence-corrected chi connectivity index (χ3v) is 3.06.